The number of fused-ring (bicyclic) bond motifs is 10. The van der Waals surface area contributed by atoms with E-state index in [9.17, 15) is 0 Å². The topological polar surface area (TPSA) is 44.6 Å². The summed E-state index contributed by atoms with van der Waals surface area (Å²) in [6.07, 6.45) is 5.64. The smallest absolute Gasteiger partial charge is 0.268 e. The van der Waals surface area contributed by atoms with Gasteiger partial charge in [0.2, 0.25) is 0 Å². The summed E-state index contributed by atoms with van der Waals surface area (Å²) < 4.78 is 15.6. The number of para-hydroxylation sites is 4. The van der Waals surface area contributed by atoms with E-state index in [0.29, 0.717) is 22.9 Å². The van der Waals surface area contributed by atoms with Crippen LogP contribution in [0.3, 0.4) is 0 Å². The molecule has 10 aromatic carbocycles. The molecule has 5 aromatic heterocycles. The van der Waals surface area contributed by atoms with Crippen molar-refractivity contribution in [2.24, 2.45) is 0 Å². The first-order chi connectivity index (χ1) is 44.6. The third kappa shape index (κ3) is 11.1. The Morgan fingerprint density at radius 3 is 1.48 bits per heavy atom. The van der Waals surface area contributed by atoms with Crippen molar-refractivity contribution < 1.29 is 30.4 Å². The van der Waals surface area contributed by atoms with Crippen molar-refractivity contribution in [3.05, 3.63) is 258 Å². The van der Waals surface area contributed by atoms with Gasteiger partial charge in [0.1, 0.15) is 5.82 Å². The second-order valence-electron chi connectivity index (χ2n) is 31.0. The molecule has 474 valence electrons. The fourth-order valence-corrected chi connectivity index (χ4v) is 13.7. The van der Waals surface area contributed by atoms with Gasteiger partial charge in [-0.1, -0.05) is 224 Å². The Bertz CT molecular complexity index is 5390. The van der Waals surface area contributed by atoms with Crippen LogP contribution >= 0.6 is 0 Å². The van der Waals surface area contributed by atoms with Crippen LogP contribution in [-0.2, 0) is 48.1 Å². The van der Waals surface area contributed by atoms with Gasteiger partial charge in [0.15, 0.2) is 0 Å². The molecule has 0 aliphatic heterocycles. The number of pyridine rings is 1. The number of aromatic nitrogens is 5. The summed E-state index contributed by atoms with van der Waals surface area (Å²) in [7, 11) is 0. The monoisotopic (exact) mass is 1420 g/mol. The second-order valence-corrected chi connectivity index (χ2v) is 31.0. The maximum Gasteiger partial charge on any atom is 0.268 e. The molecule has 0 radical (unpaired) electrons. The van der Waals surface area contributed by atoms with E-state index in [1.54, 1.807) is 6.07 Å². The van der Waals surface area contributed by atoms with Crippen molar-refractivity contribution in [2.75, 3.05) is 0 Å². The molecule has 8 heteroatoms. The minimum Gasteiger partial charge on any atom is -0.511 e. The van der Waals surface area contributed by atoms with Gasteiger partial charge in [-0.2, -0.15) is 12.1 Å². The molecule has 0 fully saturated rings. The number of ether oxygens (including phenoxy) is 1. The fourth-order valence-electron chi connectivity index (χ4n) is 13.7. The minimum absolute atomic E-state index is 0. The van der Waals surface area contributed by atoms with Gasteiger partial charge in [-0.05, 0) is 160 Å². The largest absolute Gasteiger partial charge is 0.511 e. The van der Waals surface area contributed by atoms with Crippen LogP contribution in [0.2, 0.25) is 0 Å². The van der Waals surface area contributed by atoms with E-state index in [-0.39, 0.29) is 48.1 Å². The molecule has 0 spiro atoms. The molecule has 15 rings (SSSR count). The number of hydrogen-bond acceptors (Lipinski definition) is 2. The Morgan fingerprint density at radius 2 is 0.937 bits per heavy atom. The van der Waals surface area contributed by atoms with Gasteiger partial charge in [-0.3, -0.25) is 9.41 Å². The van der Waals surface area contributed by atoms with Crippen molar-refractivity contribution in [1.82, 2.24) is 18.5 Å². The van der Waals surface area contributed by atoms with Crippen molar-refractivity contribution >= 4 is 76.6 Å². The zero-order chi connectivity index (χ0) is 65.7. The van der Waals surface area contributed by atoms with Crippen LogP contribution in [0.25, 0.3) is 126 Å². The Hall–Kier alpha value is -9.60. The molecule has 0 amide bonds. The van der Waals surface area contributed by atoms with Crippen molar-refractivity contribution in [2.45, 2.75) is 131 Å². The number of imidazole rings is 1. The van der Waals surface area contributed by atoms with Crippen molar-refractivity contribution in [3.63, 3.8) is 0 Å². The first-order valence-electron chi connectivity index (χ1n) is 32.9. The summed E-state index contributed by atoms with van der Waals surface area (Å²) in [5, 5.41) is 6.83. The maximum absolute atomic E-state index is 8.40. The molecule has 0 bridgehead atoms. The SMILES string of the molecule is [C-]#[N+]c1cc(Oc2[c-]c3c(cc2)c2cc(-c4cc(-c5cc(C(C)(C)C)cc(C(C)(C)C)c5)cc(-c5cc(C(C)(C)C)cc(C(C)(C)C)c5)c4)ccc2n3-c2cc(C(C)(C)C)ccn2)[c-]c(-n2[c-][n+](-c3cc4c5ccccc5n5c6ccccc6c(c3)c45)c3ccccc32)c1.[Pt]. The van der Waals surface area contributed by atoms with Crippen LogP contribution < -0.4 is 9.30 Å². The molecule has 0 saturated heterocycles. The first kappa shape index (κ1) is 62.8. The van der Waals surface area contributed by atoms with Crippen LogP contribution in [0.1, 0.15) is 132 Å². The van der Waals surface area contributed by atoms with E-state index in [1.165, 1.54) is 88.2 Å². The standard InChI is InChI=1S/C87H78N6O.Pt/c1-83(2,3)59-33-34-89-81(45-59)92-77-32-29-53(54-35-55(57-38-60(84(4,5)6)43-61(39-57)85(7,8)9)37-56(36-54)58-40-62(86(10,11)12)44-63(41-58)87(13,14)15)42-72(77)71-31-30-67(51-80(71)92)94-68-47-64(88-16)46-65(48-68)90-52-91(79-28-22-21-27-78(79)90)66-49-73-69-23-17-19-25-75(69)93-76-26-20-18-24-70(76)74(50-66)82(73)93;/h17-47,49-50H,1-15H3;/q-2;. The molecular formula is C87H78N6OPt-2. The van der Waals surface area contributed by atoms with Crippen LogP contribution in [-0.4, -0.2) is 18.5 Å². The molecule has 0 saturated carbocycles. The van der Waals surface area contributed by atoms with Gasteiger partial charge >= 0.3 is 0 Å². The maximum atomic E-state index is 8.40. The van der Waals surface area contributed by atoms with Gasteiger partial charge in [0.25, 0.3) is 6.33 Å². The van der Waals surface area contributed by atoms with Gasteiger partial charge in [-0.25, -0.2) is 4.98 Å². The molecule has 7 nitrogen and oxygen atoms in total. The van der Waals surface area contributed by atoms with Gasteiger partial charge < -0.3 is 18.3 Å². The minimum atomic E-state index is -0.133. The molecule has 0 N–H and O–H groups in total. The van der Waals surface area contributed by atoms with E-state index in [0.717, 1.165) is 55.5 Å². The summed E-state index contributed by atoms with van der Waals surface area (Å²) >= 11 is 0. The van der Waals surface area contributed by atoms with Crippen molar-refractivity contribution in [1.29, 1.82) is 0 Å². The third-order valence-corrected chi connectivity index (χ3v) is 19.2. The predicted molar refractivity (Wildman–Crippen MR) is 391 cm³/mol. The molecule has 95 heavy (non-hydrogen) atoms. The van der Waals surface area contributed by atoms with E-state index in [4.69, 9.17) is 16.3 Å². The van der Waals surface area contributed by atoms with Crippen LogP contribution in [0.4, 0.5) is 5.69 Å². The molecule has 0 aliphatic carbocycles. The summed E-state index contributed by atoms with van der Waals surface area (Å²) in [5.41, 5.74) is 22.3. The van der Waals surface area contributed by atoms with Crippen LogP contribution in [0.5, 0.6) is 11.5 Å². The van der Waals surface area contributed by atoms with E-state index >= 15 is 0 Å². The molecule has 0 aliphatic rings. The normalized spacial score (nSPS) is 12.7. The van der Waals surface area contributed by atoms with E-state index < -0.39 is 0 Å². The summed E-state index contributed by atoms with van der Waals surface area (Å²) in [6.45, 7) is 42.9. The number of benzene rings is 10. The summed E-state index contributed by atoms with van der Waals surface area (Å²) in [6, 6.07) is 78.1. The first-order valence-corrected chi connectivity index (χ1v) is 32.9. The van der Waals surface area contributed by atoms with E-state index in [2.05, 4.69) is 311 Å². The van der Waals surface area contributed by atoms with Crippen LogP contribution in [0, 0.1) is 25.0 Å². The summed E-state index contributed by atoms with van der Waals surface area (Å²) in [4.78, 5) is 9.09. The van der Waals surface area contributed by atoms with Gasteiger partial charge in [0, 0.05) is 60.1 Å². The fraction of sp³-hybridized carbons (Fsp3) is 0.230. The average molecular weight is 1420 g/mol. The Kier molecular flexibility index (Phi) is 14.9. The molecular weight excluding hydrogens is 1340 g/mol. The van der Waals surface area contributed by atoms with Gasteiger partial charge in [0.05, 0.1) is 45.5 Å². The number of nitrogens with zero attached hydrogens (tertiary/aromatic N) is 6. The Balaban J connectivity index is 0.00000778. The number of rotatable bonds is 8. The zero-order valence-electron chi connectivity index (χ0n) is 57.0. The molecule has 0 atom stereocenters. The molecule has 15 aromatic rings. The third-order valence-electron chi connectivity index (χ3n) is 19.2. The van der Waals surface area contributed by atoms with E-state index in [1.807, 2.05) is 29.0 Å². The zero-order valence-corrected chi connectivity index (χ0v) is 59.2. The summed E-state index contributed by atoms with van der Waals surface area (Å²) in [5.74, 6) is 1.65. The molecule has 0 unspecified atom stereocenters. The quantitative estimate of drug-likeness (QED) is 0.112. The van der Waals surface area contributed by atoms with Gasteiger partial charge in [-0.15, -0.1) is 29.7 Å². The average Bonchev–Trinajstić information content (AvgIpc) is 1.55. The predicted octanol–water partition coefficient (Wildman–Crippen LogP) is 22.8. The Morgan fingerprint density at radius 1 is 0.421 bits per heavy atom. The molecule has 5 heterocycles. The second kappa shape index (κ2) is 22.5. The number of hydrogen-bond donors (Lipinski definition) is 0. The van der Waals surface area contributed by atoms with Crippen LogP contribution in [0.15, 0.2) is 200 Å². The van der Waals surface area contributed by atoms with Crippen molar-refractivity contribution in [3.8, 4) is 62.1 Å². The Labute approximate surface area is 572 Å².